The molecule has 2 aliphatic carbocycles. The van der Waals surface area contributed by atoms with E-state index in [1.807, 2.05) is 30.5 Å². The third-order valence-corrected chi connectivity index (χ3v) is 4.79. The summed E-state index contributed by atoms with van der Waals surface area (Å²) in [5.74, 6) is 2.65. The average Bonchev–Trinajstić information content (AvgIpc) is 3.38. The highest BCUT2D eigenvalue weighted by Crippen LogP contribution is 2.39. The van der Waals surface area contributed by atoms with Crippen molar-refractivity contribution in [2.75, 3.05) is 13.6 Å². The van der Waals surface area contributed by atoms with E-state index in [2.05, 4.69) is 21.6 Å². The van der Waals surface area contributed by atoms with Gasteiger partial charge >= 0.3 is 0 Å². The van der Waals surface area contributed by atoms with Crippen LogP contribution in [0.1, 0.15) is 50.2 Å². The zero-order valence-electron chi connectivity index (χ0n) is 14.0. The van der Waals surface area contributed by atoms with Gasteiger partial charge in [0.1, 0.15) is 17.2 Å². The van der Waals surface area contributed by atoms with Gasteiger partial charge in [-0.3, -0.25) is 9.69 Å². The standard InChI is InChI=1S/C16H24N6O/c1-16(10-17,12-6-7-12)18-14(23)9-21(2)8-13-19-20-15(22(13)3)11-4-5-11/h11-12H,4-9H2,1-3H3,(H,18,23). The Morgan fingerprint density at radius 3 is 2.70 bits per heavy atom. The monoisotopic (exact) mass is 316 g/mol. The van der Waals surface area contributed by atoms with Crippen LogP contribution < -0.4 is 5.32 Å². The number of nitrogens with zero attached hydrogens (tertiary/aromatic N) is 5. The maximum absolute atomic E-state index is 12.2. The molecule has 0 bridgehead atoms. The van der Waals surface area contributed by atoms with Crippen LogP contribution in [0.25, 0.3) is 0 Å². The molecule has 1 N–H and O–H groups in total. The Labute approximate surface area is 136 Å². The van der Waals surface area contributed by atoms with Gasteiger partial charge in [-0.15, -0.1) is 10.2 Å². The van der Waals surface area contributed by atoms with E-state index in [9.17, 15) is 10.1 Å². The van der Waals surface area contributed by atoms with E-state index in [-0.39, 0.29) is 12.5 Å². The number of amides is 1. The number of aromatic nitrogens is 3. The first-order chi connectivity index (χ1) is 10.9. The number of hydrogen-bond donors (Lipinski definition) is 1. The van der Waals surface area contributed by atoms with Crippen LogP contribution >= 0.6 is 0 Å². The third kappa shape index (κ3) is 3.53. The van der Waals surface area contributed by atoms with Crippen molar-refractivity contribution >= 4 is 5.91 Å². The van der Waals surface area contributed by atoms with Gasteiger partial charge in [0.25, 0.3) is 0 Å². The van der Waals surface area contributed by atoms with Gasteiger partial charge in [-0.05, 0) is 45.6 Å². The molecule has 0 aliphatic heterocycles. The molecule has 23 heavy (non-hydrogen) atoms. The number of likely N-dealkylation sites (N-methyl/N-ethyl adjacent to an activating group) is 1. The Morgan fingerprint density at radius 1 is 1.43 bits per heavy atom. The van der Waals surface area contributed by atoms with Gasteiger partial charge in [0.05, 0.1) is 19.2 Å². The van der Waals surface area contributed by atoms with Crippen molar-refractivity contribution < 1.29 is 4.79 Å². The Morgan fingerprint density at radius 2 is 2.13 bits per heavy atom. The average molecular weight is 316 g/mol. The molecule has 124 valence electrons. The fourth-order valence-electron chi connectivity index (χ4n) is 2.96. The van der Waals surface area contributed by atoms with E-state index < -0.39 is 5.54 Å². The molecule has 0 radical (unpaired) electrons. The molecule has 1 aromatic rings. The zero-order valence-corrected chi connectivity index (χ0v) is 14.0. The molecule has 1 unspecified atom stereocenters. The van der Waals surface area contributed by atoms with Gasteiger partial charge in [0.2, 0.25) is 5.91 Å². The van der Waals surface area contributed by atoms with Crippen LogP contribution in [-0.2, 0) is 18.4 Å². The Hall–Kier alpha value is -1.94. The van der Waals surface area contributed by atoms with Crippen molar-refractivity contribution in [1.82, 2.24) is 25.0 Å². The summed E-state index contributed by atoms with van der Waals surface area (Å²) in [5, 5.41) is 20.7. The Balaban J connectivity index is 1.53. The molecular formula is C16H24N6O. The lowest BCUT2D eigenvalue weighted by atomic mass is 9.98. The van der Waals surface area contributed by atoms with E-state index in [4.69, 9.17) is 0 Å². The van der Waals surface area contributed by atoms with Gasteiger partial charge in [0.15, 0.2) is 0 Å². The molecule has 1 atom stereocenters. The molecule has 3 rings (SSSR count). The Kier molecular flexibility index (Phi) is 4.11. The molecule has 1 heterocycles. The van der Waals surface area contributed by atoms with E-state index in [0.717, 1.165) is 24.5 Å². The van der Waals surface area contributed by atoms with Crippen molar-refractivity contribution in [3.63, 3.8) is 0 Å². The van der Waals surface area contributed by atoms with E-state index >= 15 is 0 Å². The van der Waals surface area contributed by atoms with Crippen molar-refractivity contribution in [1.29, 1.82) is 5.26 Å². The minimum absolute atomic E-state index is 0.118. The number of carbonyl (C=O) groups is 1. The highest BCUT2D eigenvalue weighted by molar-refractivity contribution is 5.79. The first-order valence-corrected chi connectivity index (χ1v) is 8.22. The van der Waals surface area contributed by atoms with Crippen molar-refractivity contribution in [3.8, 4) is 6.07 Å². The van der Waals surface area contributed by atoms with Crippen molar-refractivity contribution in [2.24, 2.45) is 13.0 Å². The lowest BCUT2D eigenvalue weighted by molar-refractivity contribution is -0.123. The second kappa shape index (κ2) is 5.93. The van der Waals surface area contributed by atoms with Crippen molar-refractivity contribution in [3.05, 3.63) is 11.6 Å². The summed E-state index contributed by atoms with van der Waals surface area (Å²) in [6.45, 7) is 2.62. The molecule has 1 aromatic heterocycles. The Bertz CT molecular complexity index is 639. The maximum Gasteiger partial charge on any atom is 0.235 e. The number of nitriles is 1. The molecule has 0 spiro atoms. The molecule has 7 nitrogen and oxygen atoms in total. The predicted octanol–water partition coefficient (Wildman–Crippen LogP) is 0.933. The summed E-state index contributed by atoms with van der Waals surface area (Å²) in [4.78, 5) is 14.1. The molecule has 0 aromatic carbocycles. The second-order valence-electron chi connectivity index (χ2n) is 7.12. The van der Waals surface area contributed by atoms with Crippen LogP contribution in [0, 0.1) is 17.2 Å². The van der Waals surface area contributed by atoms with E-state index in [1.54, 1.807) is 0 Å². The number of carbonyl (C=O) groups excluding carboxylic acids is 1. The summed E-state index contributed by atoms with van der Waals surface area (Å²) in [6, 6.07) is 2.25. The summed E-state index contributed by atoms with van der Waals surface area (Å²) in [6.07, 6.45) is 4.42. The quantitative estimate of drug-likeness (QED) is 0.809. The van der Waals surface area contributed by atoms with Crippen LogP contribution in [0.3, 0.4) is 0 Å². The number of nitrogens with one attached hydrogen (secondary N) is 1. The SMILES string of the molecule is CN(CC(=O)NC(C)(C#N)C1CC1)Cc1nnc(C2CC2)n1C. The van der Waals surface area contributed by atoms with Crippen molar-refractivity contribution in [2.45, 2.75) is 50.6 Å². The minimum atomic E-state index is -0.734. The summed E-state index contributed by atoms with van der Waals surface area (Å²) in [7, 11) is 3.86. The molecule has 2 aliphatic rings. The van der Waals surface area contributed by atoms with Gasteiger partial charge in [-0.25, -0.2) is 0 Å². The van der Waals surface area contributed by atoms with Crippen LogP contribution in [0.4, 0.5) is 0 Å². The largest absolute Gasteiger partial charge is 0.337 e. The fraction of sp³-hybridized carbons (Fsp3) is 0.750. The van der Waals surface area contributed by atoms with Gasteiger partial charge in [-0.1, -0.05) is 0 Å². The fourth-order valence-corrected chi connectivity index (χ4v) is 2.96. The molecule has 0 saturated heterocycles. The van der Waals surface area contributed by atoms with Crippen LogP contribution in [0.5, 0.6) is 0 Å². The zero-order chi connectivity index (χ0) is 16.6. The van der Waals surface area contributed by atoms with E-state index in [1.165, 1.54) is 12.8 Å². The first-order valence-electron chi connectivity index (χ1n) is 8.22. The minimum Gasteiger partial charge on any atom is -0.337 e. The summed E-state index contributed by atoms with van der Waals surface area (Å²) >= 11 is 0. The highest BCUT2D eigenvalue weighted by Gasteiger charge is 2.43. The predicted molar refractivity (Wildman–Crippen MR) is 84.2 cm³/mol. The van der Waals surface area contributed by atoms with Crippen LogP contribution in [0.2, 0.25) is 0 Å². The lowest BCUT2D eigenvalue weighted by Crippen LogP contribution is -2.49. The highest BCUT2D eigenvalue weighted by atomic mass is 16.2. The van der Waals surface area contributed by atoms with Gasteiger partial charge in [0, 0.05) is 13.0 Å². The number of hydrogen-bond acceptors (Lipinski definition) is 5. The molecule has 1 amide bonds. The molecule has 7 heteroatoms. The maximum atomic E-state index is 12.2. The van der Waals surface area contributed by atoms with Gasteiger partial charge in [-0.2, -0.15) is 5.26 Å². The topological polar surface area (TPSA) is 86.8 Å². The van der Waals surface area contributed by atoms with Gasteiger partial charge < -0.3 is 9.88 Å². The van der Waals surface area contributed by atoms with E-state index in [0.29, 0.717) is 18.4 Å². The molecular weight excluding hydrogens is 292 g/mol. The molecule has 2 saturated carbocycles. The number of rotatable bonds is 7. The smallest absolute Gasteiger partial charge is 0.235 e. The summed E-state index contributed by atoms with van der Waals surface area (Å²) < 4.78 is 2.04. The van der Waals surface area contributed by atoms with Crippen LogP contribution in [-0.4, -0.2) is 44.7 Å². The first kappa shape index (κ1) is 15.9. The second-order valence-corrected chi connectivity index (χ2v) is 7.12. The summed E-state index contributed by atoms with van der Waals surface area (Å²) in [5.41, 5.74) is -0.734. The normalized spacial score (nSPS) is 20.1. The molecule has 2 fully saturated rings. The lowest BCUT2D eigenvalue weighted by Gasteiger charge is -2.24. The third-order valence-electron chi connectivity index (χ3n) is 4.79. The van der Waals surface area contributed by atoms with Crippen LogP contribution in [0.15, 0.2) is 0 Å².